The maximum Gasteiger partial charge on any atom is 0.183 e. The Bertz CT molecular complexity index is 411. The Hall–Kier alpha value is -0.190. The lowest BCUT2D eigenvalue weighted by atomic mass is 10.3. The van der Waals surface area contributed by atoms with Crippen LogP contribution < -0.4 is 10.1 Å². The zero-order valence-corrected chi connectivity index (χ0v) is 11.8. The second kappa shape index (κ2) is 6.66. The Kier molecular flexibility index (Phi) is 5.83. The van der Waals surface area contributed by atoms with Gasteiger partial charge in [-0.3, -0.25) is 4.79 Å². The van der Waals surface area contributed by atoms with E-state index in [0.717, 1.165) is 0 Å². The molecule has 0 saturated heterocycles. The SMILES string of the molecule is CNCC(=O)COc1c(Cl)c(Cl)cc(Cl)c1Cl. The van der Waals surface area contributed by atoms with Crippen LogP contribution in [0.15, 0.2) is 6.07 Å². The summed E-state index contributed by atoms with van der Waals surface area (Å²) in [5.41, 5.74) is 0. The quantitative estimate of drug-likeness (QED) is 0.845. The number of benzene rings is 1. The highest BCUT2D eigenvalue weighted by atomic mass is 35.5. The van der Waals surface area contributed by atoms with E-state index in [0.29, 0.717) is 0 Å². The highest BCUT2D eigenvalue weighted by molar-refractivity contribution is 6.48. The monoisotopic (exact) mass is 315 g/mol. The van der Waals surface area contributed by atoms with Crippen molar-refractivity contribution in [2.45, 2.75) is 0 Å². The summed E-state index contributed by atoms with van der Waals surface area (Å²) < 4.78 is 5.22. The van der Waals surface area contributed by atoms with Gasteiger partial charge in [0.1, 0.15) is 16.7 Å². The summed E-state index contributed by atoms with van der Waals surface area (Å²) in [7, 11) is 1.66. The van der Waals surface area contributed by atoms with E-state index >= 15 is 0 Å². The van der Waals surface area contributed by atoms with Gasteiger partial charge in [0.2, 0.25) is 0 Å². The van der Waals surface area contributed by atoms with Crippen molar-refractivity contribution >= 4 is 52.2 Å². The maximum absolute atomic E-state index is 11.3. The first-order valence-corrected chi connectivity index (χ1v) is 6.10. The van der Waals surface area contributed by atoms with Gasteiger partial charge in [-0.15, -0.1) is 0 Å². The molecular weight excluding hydrogens is 308 g/mol. The molecule has 0 aliphatic heterocycles. The second-order valence-electron chi connectivity index (χ2n) is 3.15. The molecule has 0 heterocycles. The molecular formula is C10H9Cl4NO2. The lowest BCUT2D eigenvalue weighted by Gasteiger charge is -2.11. The minimum Gasteiger partial charge on any atom is -0.483 e. The minimum atomic E-state index is -0.156. The molecule has 0 aliphatic rings. The highest BCUT2D eigenvalue weighted by Gasteiger charge is 2.16. The molecule has 0 aromatic heterocycles. The average Bonchev–Trinajstić information content (AvgIpc) is 2.27. The van der Waals surface area contributed by atoms with Crippen molar-refractivity contribution < 1.29 is 9.53 Å². The van der Waals surface area contributed by atoms with E-state index in [4.69, 9.17) is 51.1 Å². The highest BCUT2D eigenvalue weighted by Crippen LogP contribution is 2.42. The van der Waals surface area contributed by atoms with E-state index in [1.165, 1.54) is 6.07 Å². The van der Waals surface area contributed by atoms with Crippen LogP contribution in [-0.4, -0.2) is 26.0 Å². The van der Waals surface area contributed by atoms with Gasteiger partial charge in [-0.05, 0) is 13.1 Å². The normalized spacial score (nSPS) is 10.4. The van der Waals surface area contributed by atoms with Crippen LogP contribution in [-0.2, 0) is 4.79 Å². The molecule has 0 saturated carbocycles. The fourth-order valence-corrected chi connectivity index (χ4v) is 1.98. The predicted octanol–water partition coefficient (Wildman–Crippen LogP) is 3.47. The minimum absolute atomic E-state index is 0.121. The molecule has 94 valence electrons. The standard InChI is InChI=1S/C10H9Cl4NO2/c1-15-3-5(16)4-17-10-8(13)6(11)2-7(12)9(10)14/h2,15H,3-4H2,1H3. The molecule has 0 bridgehead atoms. The van der Waals surface area contributed by atoms with Crippen LogP contribution in [0.5, 0.6) is 5.75 Å². The number of hydrogen-bond donors (Lipinski definition) is 1. The maximum atomic E-state index is 11.3. The van der Waals surface area contributed by atoms with Gasteiger partial charge in [-0.25, -0.2) is 0 Å². The first kappa shape index (κ1) is 14.9. The second-order valence-corrected chi connectivity index (χ2v) is 4.73. The predicted molar refractivity (Wildman–Crippen MR) is 70.9 cm³/mol. The number of rotatable bonds is 5. The third-order valence-corrected chi connectivity index (χ3v) is 3.36. The number of nitrogens with one attached hydrogen (secondary N) is 1. The fourth-order valence-electron chi connectivity index (χ4n) is 1.08. The number of carbonyl (C=O) groups excluding carboxylic acids is 1. The summed E-state index contributed by atoms with van der Waals surface area (Å²) in [5.74, 6) is -0.0222. The fraction of sp³-hybridized carbons (Fsp3) is 0.300. The van der Waals surface area contributed by atoms with Crippen LogP contribution in [0, 0.1) is 0 Å². The van der Waals surface area contributed by atoms with E-state index < -0.39 is 0 Å². The smallest absolute Gasteiger partial charge is 0.183 e. The zero-order valence-electron chi connectivity index (χ0n) is 8.82. The Morgan fingerprint density at radius 3 is 2.24 bits per heavy atom. The molecule has 1 aromatic rings. The lowest BCUT2D eigenvalue weighted by molar-refractivity contribution is -0.120. The van der Waals surface area contributed by atoms with Crippen molar-refractivity contribution in [3.05, 3.63) is 26.2 Å². The van der Waals surface area contributed by atoms with Crippen molar-refractivity contribution in [3.8, 4) is 5.75 Å². The molecule has 0 amide bonds. The van der Waals surface area contributed by atoms with Crippen LogP contribution >= 0.6 is 46.4 Å². The van der Waals surface area contributed by atoms with Gasteiger partial charge in [-0.1, -0.05) is 46.4 Å². The molecule has 0 aliphatic carbocycles. The third-order valence-electron chi connectivity index (χ3n) is 1.82. The van der Waals surface area contributed by atoms with E-state index in [2.05, 4.69) is 5.32 Å². The van der Waals surface area contributed by atoms with Gasteiger partial charge in [-0.2, -0.15) is 0 Å². The van der Waals surface area contributed by atoms with E-state index in [-0.39, 0.29) is 44.8 Å². The lowest BCUT2D eigenvalue weighted by Crippen LogP contribution is -2.24. The number of ketones is 1. The number of likely N-dealkylation sites (N-methyl/N-ethyl adjacent to an activating group) is 1. The topological polar surface area (TPSA) is 38.3 Å². The van der Waals surface area contributed by atoms with Crippen molar-refractivity contribution in [2.75, 3.05) is 20.2 Å². The number of Topliss-reactive ketones (excluding diaryl/α,β-unsaturated/α-hetero) is 1. The van der Waals surface area contributed by atoms with Gasteiger partial charge >= 0.3 is 0 Å². The van der Waals surface area contributed by atoms with E-state index in [9.17, 15) is 4.79 Å². The summed E-state index contributed by atoms with van der Waals surface area (Å²) in [6, 6.07) is 1.41. The third kappa shape index (κ3) is 3.90. The number of halogens is 4. The molecule has 0 radical (unpaired) electrons. The van der Waals surface area contributed by atoms with Crippen molar-refractivity contribution in [2.24, 2.45) is 0 Å². The largest absolute Gasteiger partial charge is 0.483 e. The van der Waals surface area contributed by atoms with Gasteiger partial charge < -0.3 is 10.1 Å². The number of ether oxygens (including phenoxy) is 1. The molecule has 0 atom stereocenters. The zero-order chi connectivity index (χ0) is 13.0. The van der Waals surface area contributed by atoms with E-state index in [1.54, 1.807) is 7.05 Å². The van der Waals surface area contributed by atoms with Gasteiger partial charge in [0, 0.05) is 0 Å². The summed E-state index contributed by atoms with van der Waals surface area (Å²) in [6.45, 7) is 0.0421. The Labute approximate surface area is 119 Å². The first-order valence-electron chi connectivity index (χ1n) is 4.59. The van der Waals surface area contributed by atoms with Crippen LogP contribution in [0.1, 0.15) is 0 Å². The average molecular weight is 317 g/mol. The number of hydrogen-bond acceptors (Lipinski definition) is 3. The van der Waals surface area contributed by atoms with Crippen LogP contribution in [0.2, 0.25) is 20.1 Å². The van der Waals surface area contributed by atoms with Crippen LogP contribution in [0.25, 0.3) is 0 Å². The molecule has 1 rings (SSSR count). The molecule has 1 aromatic carbocycles. The molecule has 0 spiro atoms. The molecule has 17 heavy (non-hydrogen) atoms. The Morgan fingerprint density at radius 1 is 1.24 bits per heavy atom. The van der Waals surface area contributed by atoms with Gasteiger partial charge in [0.05, 0.1) is 16.6 Å². The van der Waals surface area contributed by atoms with E-state index in [1.807, 2.05) is 0 Å². The summed E-state index contributed by atoms with van der Waals surface area (Å²) in [4.78, 5) is 11.3. The van der Waals surface area contributed by atoms with Gasteiger partial charge in [0.15, 0.2) is 11.5 Å². The van der Waals surface area contributed by atoms with Gasteiger partial charge in [0.25, 0.3) is 0 Å². The van der Waals surface area contributed by atoms with Crippen LogP contribution in [0.4, 0.5) is 0 Å². The molecule has 1 N–H and O–H groups in total. The summed E-state index contributed by atoms with van der Waals surface area (Å²) >= 11 is 23.4. The number of carbonyl (C=O) groups is 1. The van der Waals surface area contributed by atoms with Crippen LogP contribution in [0.3, 0.4) is 0 Å². The van der Waals surface area contributed by atoms with Crippen molar-refractivity contribution in [1.29, 1.82) is 0 Å². The Balaban J connectivity index is 2.87. The molecule has 3 nitrogen and oxygen atoms in total. The first-order chi connectivity index (χ1) is 7.97. The summed E-state index contributed by atoms with van der Waals surface area (Å²) in [6.07, 6.45) is 0. The molecule has 7 heteroatoms. The van der Waals surface area contributed by atoms with Crippen molar-refractivity contribution in [3.63, 3.8) is 0 Å². The summed E-state index contributed by atoms with van der Waals surface area (Å²) in [5, 5.41) is 3.42. The van der Waals surface area contributed by atoms with Crippen molar-refractivity contribution in [1.82, 2.24) is 5.32 Å². The molecule has 0 unspecified atom stereocenters. The molecule has 0 fully saturated rings. The Morgan fingerprint density at radius 2 is 1.76 bits per heavy atom.